The van der Waals surface area contributed by atoms with Crippen molar-refractivity contribution in [1.82, 2.24) is 15.3 Å². The van der Waals surface area contributed by atoms with E-state index in [2.05, 4.69) is 27.4 Å². The van der Waals surface area contributed by atoms with Crippen molar-refractivity contribution in [2.24, 2.45) is 0 Å². The summed E-state index contributed by atoms with van der Waals surface area (Å²) in [4.78, 5) is 31.5. The first-order valence-electron chi connectivity index (χ1n) is 9.71. The third-order valence-electron chi connectivity index (χ3n) is 4.91. The number of hydrogen-bond donors (Lipinski definition) is 3. The van der Waals surface area contributed by atoms with Crippen LogP contribution in [0.1, 0.15) is 37.7 Å². The lowest BCUT2D eigenvalue weighted by Gasteiger charge is -2.06. The van der Waals surface area contributed by atoms with Gasteiger partial charge in [0.05, 0.1) is 16.6 Å². The molecule has 4 rings (SSSR count). The van der Waals surface area contributed by atoms with Gasteiger partial charge in [-0.15, -0.1) is 0 Å². The zero-order valence-corrected chi connectivity index (χ0v) is 16.3. The number of carboxylic acid groups (broad SMARTS) is 1. The molecule has 0 atom stereocenters. The average molecular weight is 399 g/mol. The molecule has 0 saturated heterocycles. The van der Waals surface area contributed by atoms with E-state index in [1.807, 2.05) is 24.3 Å². The van der Waals surface area contributed by atoms with Gasteiger partial charge in [-0.3, -0.25) is 4.79 Å². The predicted octanol–water partition coefficient (Wildman–Crippen LogP) is 3.98. The van der Waals surface area contributed by atoms with Crippen LogP contribution in [0.2, 0.25) is 0 Å². The molecule has 0 aliphatic heterocycles. The number of H-pyrrole nitrogens is 1. The topological polar surface area (TPSA) is 95.1 Å². The zero-order valence-electron chi connectivity index (χ0n) is 16.3. The summed E-state index contributed by atoms with van der Waals surface area (Å²) in [5.74, 6) is -0.328. The van der Waals surface area contributed by atoms with Crippen LogP contribution in [0.25, 0.3) is 11.0 Å². The molecule has 4 aromatic rings. The number of aromatic nitrogens is 2. The zero-order chi connectivity index (χ0) is 20.9. The number of carbonyl (C=O) groups excluding carboxylic acids is 1. The molecule has 30 heavy (non-hydrogen) atoms. The standard InChI is InChI=1S/C24H21N3O3/c28-23(25-15-17-7-4-8-19(13-17)24(29)30)18-10-11-20-21(14-18)27-22(26-20)12-9-16-5-2-1-3-6-16/h1-8,10-11,13-14H,9,12,15H2,(H,25,28)(H,26,27)(H,29,30). The van der Waals surface area contributed by atoms with E-state index < -0.39 is 5.97 Å². The van der Waals surface area contributed by atoms with Crippen LogP contribution in [0.3, 0.4) is 0 Å². The highest BCUT2D eigenvalue weighted by Gasteiger charge is 2.10. The second-order valence-electron chi connectivity index (χ2n) is 7.09. The highest BCUT2D eigenvalue weighted by Crippen LogP contribution is 2.16. The van der Waals surface area contributed by atoms with Crippen LogP contribution >= 0.6 is 0 Å². The predicted molar refractivity (Wildman–Crippen MR) is 115 cm³/mol. The lowest BCUT2D eigenvalue weighted by molar-refractivity contribution is 0.0696. The smallest absolute Gasteiger partial charge is 0.335 e. The van der Waals surface area contributed by atoms with Crippen LogP contribution in [0.5, 0.6) is 0 Å². The van der Waals surface area contributed by atoms with E-state index in [-0.39, 0.29) is 18.0 Å². The fourth-order valence-corrected chi connectivity index (χ4v) is 3.33. The Morgan fingerprint density at radius 3 is 2.47 bits per heavy atom. The van der Waals surface area contributed by atoms with Crippen LogP contribution in [0.15, 0.2) is 72.8 Å². The van der Waals surface area contributed by atoms with Crippen molar-refractivity contribution in [2.75, 3.05) is 0 Å². The van der Waals surface area contributed by atoms with Crippen LogP contribution < -0.4 is 5.32 Å². The van der Waals surface area contributed by atoms with Crippen molar-refractivity contribution in [3.05, 3.63) is 101 Å². The van der Waals surface area contributed by atoms with Gasteiger partial charge in [-0.05, 0) is 47.9 Å². The lowest BCUT2D eigenvalue weighted by atomic mass is 10.1. The molecule has 0 spiro atoms. The highest BCUT2D eigenvalue weighted by molar-refractivity contribution is 5.97. The minimum atomic E-state index is -0.990. The first-order chi connectivity index (χ1) is 14.6. The summed E-state index contributed by atoms with van der Waals surface area (Å²) in [6, 6.07) is 22.1. The van der Waals surface area contributed by atoms with Crippen molar-refractivity contribution in [2.45, 2.75) is 19.4 Å². The summed E-state index contributed by atoms with van der Waals surface area (Å²) >= 11 is 0. The SMILES string of the molecule is O=C(O)c1cccc(CNC(=O)c2ccc3nc(CCc4ccccc4)[nH]c3c2)c1. The molecule has 0 aliphatic rings. The molecule has 0 radical (unpaired) electrons. The van der Waals surface area contributed by atoms with E-state index in [0.29, 0.717) is 5.56 Å². The summed E-state index contributed by atoms with van der Waals surface area (Å²) in [5, 5.41) is 11.9. The fourth-order valence-electron chi connectivity index (χ4n) is 3.33. The number of hydrogen-bond acceptors (Lipinski definition) is 3. The number of aryl methyl sites for hydroxylation is 2. The molecule has 6 nitrogen and oxygen atoms in total. The van der Waals surface area contributed by atoms with Crippen LogP contribution in [-0.4, -0.2) is 27.0 Å². The van der Waals surface area contributed by atoms with Gasteiger partial charge in [0.25, 0.3) is 5.91 Å². The third kappa shape index (κ3) is 4.55. The molecule has 0 bridgehead atoms. The molecule has 1 amide bonds. The van der Waals surface area contributed by atoms with Crippen molar-refractivity contribution >= 4 is 22.9 Å². The van der Waals surface area contributed by atoms with Crippen molar-refractivity contribution in [3.8, 4) is 0 Å². The normalized spacial score (nSPS) is 10.8. The van der Waals surface area contributed by atoms with Gasteiger partial charge in [-0.1, -0.05) is 42.5 Å². The number of imidazole rings is 1. The van der Waals surface area contributed by atoms with E-state index in [1.54, 1.807) is 30.3 Å². The van der Waals surface area contributed by atoms with Gasteiger partial charge in [-0.2, -0.15) is 0 Å². The number of rotatable bonds is 7. The molecule has 3 N–H and O–H groups in total. The Bertz CT molecular complexity index is 1200. The fraction of sp³-hybridized carbons (Fsp3) is 0.125. The second-order valence-corrected chi connectivity index (χ2v) is 7.09. The number of carbonyl (C=O) groups is 2. The Labute approximate surface area is 173 Å². The van der Waals surface area contributed by atoms with E-state index in [9.17, 15) is 9.59 Å². The largest absolute Gasteiger partial charge is 0.478 e. The number of benzene rings is 3. The van der Waals surface area contributed by atoms with Gasteiger partial charge >= 0.3 is 5.97 Å². The molecule has 1 heterocycles. The summed E-state index contributed by atoms with van der Waals surface area (Å²) in [5.41, 5.74) is 4.35. The number of nitrogens with zero attached hydrogens (tertiary/aromatic N) is 1. The second kappa shape index (κ2) is 8.61. The Morgan fingerprint density at radius 1 is 0.867 bits per heavy atom. The molecule has 1 aromatic heterocycles. The van der Waals surface area contributed by atoms with E-state index in [1.165, 1.54) is 11.6 Å². The first-order valence-corrected chi connectivity index (χ1v) is 9.71. The average Bonchev–Trinajstić information content (AvgIpc) is 3.19. The molecule has 6 heteroatoms. The molecule has 0 saturated carbocycles. The van der Waals surface area contributed by atoms with Gasteiger partial charge < -0.3 is 15.4 Å². The maximum atomic E-state index is 12.5. The van der Waals surface area contributed by atoms with E-state index >= 15 is 0 Å². The van der Waals surface area contributed by atoms with E-state index in [0.717, 1.165) is 35.3 Å². The molecule has 0 unspecified atom stereocenters. The first kappa shape index (κ1) is 19.4. The minimum absolute atomic E-state index is 0.198. The maximum absolute atomic E-state index is 12.5. The van der Waals surface area contributed by atoms with Gasteiger partial charge in [0.15, 0.2) is 0 Å². The molecule has 3 aromatic carbocycles. The molecule has 0 aliphatic carbocycles. The van der Waals surface area contributed by atoms with Crippen LogP contribution in [0.4, 0.5) is 0 Å². The van der Waals surface area contributed by atoms with Gasteiger partial charge in [-0.25, -0.2) is 9.78 Å². The number of aromatic amines is 1. The molecule has 0 fully saturated rings. The van der Waals surface area contributed by atoms with Crippen molar-refractivity contribution in [1.29, 1.82) is 0 Å². The van der Waals surface area contributed by atoms with Crippen LogP contribution in [0, 0.1) is 0 Å². The number of fused-ring (bicyclic) bond motifs is 1. The lowest BCUT2D eigenvalue weighted by Crippen LogP contribution is -2.22. The number of aromatic carboxylic acids is 1. The van der Waals surface area contributed by atoms with Gasteiger partial charge in [0.2, 0.25) is 0 Å². The maximum Gasteiger partial charge on any atom is 0.335 e. The van der Waals surface area contributed by atoms with Gasteiger partial charge in [0, 0.05) is 18.5 Å². The Kier molecular flexibility index (Phi) is 5.57. The summed E-state index contributed by atoms with van der Waals surface area (Å²) < 4.78 is 0. The number of nitrogens with one attached hydrogen (secondary N) is 2. The highest BCUT2D eigenvalue weighted by atomic mass is 16.4. The quantitative estimate of drug-likeness (QED) is 0.438. The Morgan fingerprint density at radius 2 is 1.67 bits per heavy atom. The third-order valence-corrected chi connectivity index (χ3v) is 4.91. The van der Waals surface area contributed by atoms with E-state index in [4.69, 9.17) is 5.11 Å². The minimum Gasteiger partial charge on any atom is -0.478 e. The summed E-state index contributed by atoms with van der Waals surface area (Å²) in [7, 11) is 0. The monoisotopic (exact) mass is 399 g/mol. The Balaban J connectivity index is 1.42. The molecular formula is C24H21N3O3. The summed E-state index contributed by atoms with van der Waals surface area (Å²) in [6.45, 7) is 0.253. The molecular weight excluding hydrogens is 378 g/mol. The number of carboxylic acids is 1. The Hall–Kier alpha value is -3.93. The van der Waals surface area contributed by atoms with Crippen molar-refractivity contribution in [3.63, 3.8) is 0 Å². The van der Waals surface area contributed by atoms with Crippen molar-refractivity contribution < 1.29 is 14.7 Å². The van der Waals surface area contributed by atoms with Crippen LogP contribution in [-0.2, 0) is 19.4 Å². The molecule has 150 valence electrons. The number of amides is 1. The van der Waals surface area contributed by atoms with Gasteiger partial charge in [0.1, 0.15) is 5.82 Å². The summed E-state index contributed by atoms with van der Waals surface area (Å²) in [6.07, 6.45) is 1.68.